The molecule has 0 aromatic carbocycles. The lowest BCUT2D eigenvalue weighted by molar-refractivity contribution is -0.239. The third-order valence-corrected chi connectivity index (χ3v) is 6.94. The molecule has 7 nitrogen and oxygen atoms in total. The summed E-state index contributed by atoms with van der Waals surface area (Å²) in [7, 11) is 1.36. The van der Waals surface area contributed by atoms with Crippen molar-refractivity contribution >= 4 is 45.9 Å². The summed E-state index contributed by atoms with van der Waals surface area (Å²) in [5.74, 6) is -0.274. The molecule has 1 N–H and O–H groups in total. The molecule has 31 heavy (non-hydrogen) atoms. The molecule has 0 aromatic heterocycles. The molecule has 0 aromatic rings. The average molecular weight is 569 g/mol. The highest BCUT2D eigenvalue weighted by molar-refractivity contribution is 14.1. The maximum absolute atomic E-state index is 12.4. The van der Waals surface area contributed by atoms with Gasteiger partial charge < -0.3 is 24.1 Å². The standard InChI is InChI=1S/C22H30ClIO7/c1-11(24)8-13(23)4-5-14(25)9-17-19(27)22-21(31-17)12(2)20-16(30-22)7-6-15(29-20)10-18(26)28-3/h9,12-13,15-16,19-22,27H,1,4-8,10H2,2-3H3/t12-,13+,15+,16-,19-,20+,21-,22?/m0/s1. The molecule has 3 aliphatic rings. The van der Waals surface area contributed by atoms with E-state index in [0.717, 1.165) is 10.0 Å². The number of aliphatic hydroxyl groups excluding tert-OH is 1. The second-order valence-corrected chi connectivity index (χ2v) is 10.6. The molecule has 0 saturated carbocycles. The van der Waals surface area contributed by atoms with Crippen LogP contribution in [0, 0.1) is 5.92 Å². The molecular formula is C22H30ClIO7. The number of allylic oxidation sites excluding steroid dienone is 2. The molecule has 0 aliphatic carbocycles. The second kappa shape index (κ2) is 11.0. The summed E-state index contributed by atoms with van der Waals surface area (Å²) >= 11 is 8.35. The highest BCUT2D eigenvalue weighted by atomic mass is 127. The Kier molecular flexibility index (Phi) is 8.82. The van der Waals surface area contributed by atoms with Gasteiger partial charge in [-0.25, -0.2) is 0 Å². The maximum Gasteiger partial charge on any atom is 0.308 e. The first kappa shape index (κ1) is 25.0. The van der Waals surface area contributed by atoms with Gasteiger partial charge in [0.05, 0.1) is 31.8 Å². The summed E-state index contributed by atoms with van der Waals surface area (Å²) < 4.78 is 23.9. The van der Waals surface area contributed by atoms with E-state index in [2.05, 4.69) is 29.2 Å². The van der Waals surface area contributed by atoms with E-state index in [4.69, 9.17) is 30.5 Å². The third-order valence-electron chi connectivity index (χ3n) is 6.13. The summed E-state index contributed by atoms with van der Waals surface area (Å²) in [5.41, 5.74) is 0. The fraction of sp³-hybridized carbons (Fsp3) is 0.727. The number of hydrogen-bond donors (Lipinski definition) is 1. The summed E-state index contributed by atoms with van der Waals surface area (Å²) in [6.45, 7) is 5.81. The highest BCUT2D eigenvalue weighted by Gasteiger charge is 2.54. The number of carbonyl (C=O) groups is 2. The molecule has 3 heterocycles. The number of hydrogen-bond acceptors (Lipinski definition) is 7. The van der Waals surface area contributed by atoms with Gasteiger partial charge in [0.15, 0.2) is 5.78 Å². The Balaban J connectivity index is 1.60. The van der Waals surface area contributed by atoms with Crippen molar-refractivity contribution in [3.05, 3.63) is 22.0 Å². The number of ether oxygens (including phenoxy) is 4. The second-order valence-electron chi connectivity index (χ2n) is 8.48. The number of rotatable bonds is 8. The van der Waals surface area contributed by atoms with Crippen LogP contribution in [-0.4, -0.2) is 66.0 Å². The minimum absolute atomic E-state index is 0.0678. The molecule has 3 aliphatic heterocycles. The van der Waals surface area contributed by atoms with Gasteiger partial charge in [0, 0.05) is 23.8 Å². The quantitative estimate of drug-likeness (QED) is 0.208. The molecule has 0 bridgehead atoms. The molecule has 0 radical (unpaired) electrons. The number of carbonyl (C=O) groups excluding carboxylic acids is 2. The van der Waals surface area contributed by atoms with E-state index in [1.165, 1.54) is 13.2 Å². The lowest BCUT2D eigenvalue weighted by atomic mass is 9.83. The minimum atomic E-state index is -0.994. The Hall–Kier alpha value is -0.680. The Morgan fingerprint density at radius 2 is 2.06 bits per heavy atom. The number of halogens is 2. The number of aliphatic hydroxyl groups is 1. The van der Waals surface area contributed by atoms with Crippen molar-refractivity contribution in [2.75, 3.05) is 7.11 Å². The first-order valence-corrected chi connectivity index (χ1v) is 12.1. The molecule has 0 amide bonds. The Labute approximate surface area is 201 Å². The van der Waals surface area contributed by atoms with Crippen LogP contribution in [0.2, 0.25) is 0 Å². The van der Waals surface area contributed by atoms with Crippen LogP contribution < -0.4 is 0 Å². The van der Waals surface area contributed by atoms with Crippen LogP contribution in [0.3, 0.4) is 0 Å². The molecule has 174 valence electrons. The Bertz CT molecular complexity index is 727. The van der Waals surface area contributed by atoms with Crippen molar-refractivity contribution in [2.45, 2.75) is 87.4 Å². The van der Waals surface area contributed by atoms with Gasteiger partial charge in [0.2, 0.25) is 0 Å². The van der Waals surface area contributed by atoms with Gasteiger partial charge in [-0.3, -0.25) is 9.59 Å². The van der Waals surface area contributed by atoms with Crippen molar-refractivity contribution in [3.63, 3.8) is 0 Å². The fourth-order valence-electron chi connectivity index (χ4n) is 4.49. The lowest BCUT2D eigenvalue weighted by Crippen LogP contribution is -2.57. The number of esters is 1. The third kappa shape index (κ3) is 6.22. The number of fused-ring (bicyclic) bond motifs is 2. The molecule has 3 saturated heterocycles. The largest absolute Gasteiger partial charge is 0.489 e. The number of alkyl halides is 1. The van der Waals surface area contributed by atoms with E-state index in [0.29, 0.717) is 19.3 Å². The van der Waals surface area contributed by atoms with Gasteiger partial charge in [0.1, 0.15) is 24.1 Å². The van der Waals surface area contributed by atoms with E-state index in [1.807, 2.05) is 6.92 Å². The molecule has 3 rings (SSSR count). The van der Waals surface area contributed by atoms with Crippen LogP contribution in [0.15, 0.2) is 22.0 Å². The van der Waals surface area contributed by atoms with Crippen molar-refractivity contribution in [3.8, 4) is 0 Å². The molecule has 8 atom stereocenters. The van der Waals surface area contributed by atoms with Crippen molar-refractivity contribution in [1.82, 2.24) is 0 Å². The summed E-state index contributed by atoms with van der Waals surface area (Å²) in [4.78, 5) is 24.0. The molecule has 1 unspecified atom stereocenters. The number of methoxy groups -OCH3 is 1. The molecule has 0 spiro atoms. The van der Waals surface area contributed by atoms with E-state index in [9.17, 15) is 14.7 Å². The highest BCUT2D eigenvalue weighted by Crippen LogP contribution is 2.43. The predicted molar refractivity (Wildman–Crippen MR) is 123 cm³/mol. The smallest absolute Gasteiger partial charge is 0.308 e. The topological polar surface area (TPSA) is 91.3 Å². The SMILES string of the molecule is C=C(I)C[C@H](Cl)CCC(=O)C=C1O[C@@H]2C(O[C@H]3CC[C@H](CC(=O)OC)O[C@@H]3[C@@H]2C)[C@H]1O. The summed E-state index contributed by atoms with van der Waals surface area (Å²) in [6, 6.07) is 0. The maximum atomic E-state index is 12.4. The lowest BCUT2D eigenvalue weighted by Gasteiger charge is -2.46. The first-order valence-electron chi connectivity index (χ1n) is 10.6. The molecule has 3 fully saturated rings. The van der Waals surface area contributed by atoms with E-state index >= 15 is 0 Å². The fourth-order valence-corrected chi connectivity index (χ4v) is 5.58. The van der Waals surface area contributed by atoms with Crippen LogP contribution in [0.1, 0.15) is 45.4 Å². The van der Waals surface area contributed by atoms with Gasteiger partial charge >= 0.3 is 5.97 Å². The van der Waals surface area contributed by atoms with Crippen LogP contribution >= 0.6 is 34.2 Å². The summed E-state index contributed by atoms with van der Waals surface area (Å²) in [6.07, 6.45) is 1.83. The number of ketones is 1. The van der Waals surface area contributed by atoms with Gasteiger partial charge in [-0.1, -0.05) is 13.5 Å². The van der Waals surface area contributed by atoms with Gasteiger partial charge in [0.25, 0.3) is 0 Å². The van der Waals surface area contributed by atoms with Crippen molar-refractivity contribution < 1.29 is 33.6 Å². The Morgan fingerprint density at radius 3 is 2.74 bits per heavy atom. The normalized spacial score (nSPS) is 36.8. The zero-order valence-electron chi connectivity index (χ0n) is 17.8. The monoisotopic (exact) mass is 568 g/mol. The average Bonchev–Trinajstić information content (AvgIpc) is 3.02. The van der Waals surface area contributed by atoms with E-state index in [1.54, 1.807) is 0 Å². The predicted octanol–water partition coefficient (Wildman–Crippen LogP) is 3.44. The first-order chi connectivity index (χ1) is 14.7. The van der Waals surface area contributed by atoms with Gasteiger partial charge in [-0.15, -0.1) is 11.6 Å². The van der Waals surface area contributed by atoms with E-state index < -0.39 is 18.3 Å². The van der Waals surface area contributed by atoms with Crippen molar-refractivity contribution in [2.24, 2.45) is 5.92 Å². The van der Waals surface area contributed by atoms with Crippen LogP contribution in [0.4, 0.5) is 0 Å². The zero-order valence-corrected chi connectivity index (χ0v) is 20.7. The molecular weight excluding hydrogens is 539 g/mol. The van der Waals surface area contributed by atoms with Gasteiger partial charge in [-0.2, -0.15) is 0 Å². The van der Waals surface area contributed by atoms with Gasteiger partial charge in [-0.05, 0) is 51.9 Å². The van der Waals surface area contributed by atoms with Crippen LogP contribution in [0.25, 0.3) is 0 Å². The van der Waals surface area contributed by atoms with Crippen molar-refractivity contribution in [1.29, 1.82) is 0 Å². The van der Waals surface area contributed by atoms with Crippen LogP contribution in [0.5, 0.6) is 0 Å². The summed E-state index contributed by atoms with van der Waals surface area (Å²) in [5, 5.41) is 10.6. The minimum Gasteiger partial charge on any atom is -0.489 e. The molecule has 9 heteroatoms. The van der Waals surface area contributed by atoms with Crippen LogP contribution in [-0.2, 0) is 28.5 Å². The Morgan fingerprint density at radius 1 is 1.32 bits per heavy atom. The zero-order chi connectivity index (χ0) is 22.7. The van der Waals surface area contributed by atoms with E-state index in [-0.39, 0.29) is 60.0 Å².